The van der Waals surface area contributed by atoms with Crippen molar-refractivity contribution < 1.29 is 23.9 Å². The van der Waals surface area contributed by atoms with E-state index in [0.717, 1.165) is 32.2 Å². The van der Waals surface area contributed by atoms with E-state index in [4.69, 9.17) is 9.47 Å². The lowest BCUT2D eigenvalue weighted by Gasteiger charge is -2.47. The van der Waals surface area contributed by atoms with Gasteiger partial charge in [0, 0.05) is 26.6 Å². The summed E-state index contributed by atoms with van der Waals surface area (Å²) < 4.78 is 11.6. The fourth-order valence-electron chi connectivity index (χ4n) is 4.62. The Balaban J connectivity index is 2.22. The van der Waals surface area contributed by atoms with E-state index in [1.165, 1.54) is 0 Å². The lowest BCUT2D eigenvalue weighted by Crippen LogP contribution is -2.59. The van der Waals surface area contributed by atoms with E-state index in [1.807, 2.05) is 30.8 Å². The number of ketones is 1. The molecule has 32 heavy (non-hydrogen) atoms. The highest BCUT2D eigenvalue weighted by molar-refractivity contribution is 6.02. The van der Waals surface area contributed by atoms with Crippen LogP contribution in [0.3, 0.4) is 0 Å². The molecule has 2 rings (SSSR count). The van der Waals surface area contributed by atoms with E-state index in [2.05, 4.69) is 11.9 Å². The van der Waals surface area contributed by atoms with Crippen molar-refractivity contribution in [2.45, 2.75) is 70.4 Å². The van der Waals surface area contributed by atoms with Gasteiger partial charge in [0.15, 0.2) is 0 Å². The Labute approximate surface area is 193 Å². The van der Waals surface area contributed by atoms with Gasteiger partial charge in [-0.2, -0.15) is 0 Å². The molecule has 0 unspecified atom stereocenters. The van der Waals surface area contributed by atoms with Crippen molar-refractivity contribution in [2.75, 3.05) is 61.0 Å². The summed E-state index contributed by atoms with van der Waals surface area (Å²) in [6.07, 6.45) is 4.07. The topological polar surface area (TPSA) is 79.4 Å². The first-order valence-corrected chi connectivity index (χ1v) is 11.7. The first-order chi connectivity index (χ1) is 14.8. The first-order valence-electron chi connectivity index (χ1n) is 11.7. The maximum Gasteiger partial charge on any atom is 0.319 e. The zero-order valence-electron chi connectivity index (χ0n) is 21.2. The number of Topliss-reactive ketones (excluding diaryl/α,β-unsaturated/α-hetero) is 1. The third kappa shape index (κ3) is 6.29. The molecule has 8 heteroatoms. The van der Waals surface area contributed by atoms with Gasteiger partial charge >= 0.3 is 5.97 Å². The van der Waals surface area contributed by atoms with Crippen LogP contribution in [0.1, 0.15) is 59.3 Å². The minimum atomic E-state index is -1.19. The molecule has 2 aliphatic heterocycles. The number of methoxy groups -OCH3 is 1. The van der Waals surface area contributed by atoms with E-state index < -0.39 is 17.0 Å². The number of carbonyl (C=O) groups excluding carboxylic acids is 3. The number of esters is 1. The Morgan fingerprint density at radius 3 is 2.25 bits per heavy atom. The standard InChI is InChI=1S/C24H43N3O5/c1-22(2)19(28)9-11-23(3,31-7)10-8-14-26(6)24(18-32-21(22)30)12-15-27(16-13-24)20(29)17-25(4)5/h8-18H2,1-7H3/t23-/m1/s1. The van der Waals surface area contributed by atoms with E-state index >= 15 is 0 Å². The molecule has 1 amide bonds. The van der Waals surface area contributed by atoms with Crippen molar-refractivity contribution in [1.82, 2.24) is 14.7 Å². The molecule has 0 aromatic heterocycles. The van der Waals surface area contributed by atoms with E-state index in [1.54, 1.807) is 21.0 Å². The SMILES string of the molecule is CO[C@]1(C)CCCN(C)C2(CCN(C(=O)CN(C)C)CC2)COC(=O)C(C)(C)C(=O)CC1. The zero-order valence-corrected chi connectivity index (χ0v) is 21.2. The minimum Gasteiger partial charge on any atom is -0.463 e. The number of hydrogen-bond acceptors (Lipinski definition) is 7. The predicted molar refractivity (Wildman–Crippen MR) is 123 cm³/mol. The monoisotopic (exact) mass is 453 g/mol. The summed E-state index contributed by atoms with van der Waals surface area (Å²) in [6.45, 7) is 8.06. The van der Waals surface area contributed by atoms with Crippen LogP contribution >= 0.6 is 0 Å². The molecular formula is C24H43N3O5. The molecule has 184 valence electrons. The van der Waals surface area contributed by atoms with Gasteiger partial charge in [-0.25, -0.2) is 0 Å². The second-order valence-corrected chi connectivity index (χ2v) is 10.6. The summed E-state index contributed by atoms with van der Waals surface area (Å²) in [6, 6.07) is 0. The van der Waals surface area contributed by atoms with Crippen LogP contribution in [0.25, 0.3) is 0 Å². The molecule has 0 saturated carbocycles. The number of likely N-dealkylation sites (N-methyl/N-ethyl adjacent to an activating group) is 2. The number of hydrogen-bond donors (Lipinski definition) is 0. The minimum absolute atomic E-state index is 0.114. The van der Waals surface area contributed by atoms with Crippen LogP contribution in [-0.4, -0.2) is 105 Å². The number of ether oxygens (including phenoxy) is 2. The quantitative estimate of drug-likeness (QED) is 0.477. The van der Waals surface area contributed by atoms with E-state index in [9.17, 15) is 14.4 Å². The fourth-order valence-corrected chi connectivity index (χ4v) is 4.62. The molecular weight excluding hydrogens is 410 g/mol. The van der Waals surface area contributed by atoms with Crippen molar-refractivity contribution in [2.24, 2.45) is 5.41 Å². The van der Waals surface area contributed by atoms with Crippen molar-refractivity contribution in [3.8, 4) is 0 Å². The summed E-state index contributed by atoms with van der Waals surface area (Å²) in [5.41, 5.74) is -1.94. The van der Waals surface area contributed by atoms with Crippen LogP contribution in [0.15, 0.2) is 0 Å². The van der Waals surface area contributed by atoms with Gasteiger partial charge in [-0.05, 0) is 80.6 Å². The highest BCUT2D eigenvalue weighted by atomic mass is 16.5. The molecule has 1 atom stereocenters. The summed E-state index contributed by atoms with van der Waals surface area (Å²) in [4.78, 5) is 44.4. The Kier molecular flexibility index (Phi) is 8.87. The number of cyclic esters (lactones) is 1. The Bertz CT molecular complexity index is 685. The molecule has 2 fully saturated rings. The summed E-state index contributed by atoms with van der Waals surface area (Å²) >= 11 is 0. The lowest BCUT2D eigenvalue weighted by atomic mass is 9.83. The summed E-state index contributed by atoms with van der Waals surface area (Å²) in [7, 11) is 7.55. The van der Waals surface area contributed by atoms with E-state index in [0.29, 0.717) is 26.1 Å². The van der Waals surface area contributed by atoms with Crippen LogP contribution < -0.4 is 0 Å². The predicted octanol–water partition coefficient (Wildman–Crippen LogP) is 1.96. The first kappa shape index (κ1) is 26.7. The zero-order chi connectivity index (χ0) is 24.2. The van der Waals surface area contributed by atoms with Crippen LogP contribution in [-0.2, 0) is 23.9 Å². The van der Waals surface area contributed by atoms with Crippen LogP contribution in [0.5, 0.6) is 0 Å². The average molecular weight is 454 g/mol. The maximum absolute atomic E-state index is 12.9. The van der Waals surface area contributed by atoms with Gasteiger partial charge in [-0.1, -0.05) is 0 Å². The number of carbonyl (C=O) groups is 3. The highest BCUT2D eigenvalue weighted by Gasteiger charge is 2.44. The lowest BCUT2D eigenvalue weighted by molar-refractivity contribution is -0.164. The number of nitrogens with zero attached hydrogens (tertiary/aromatic N) is 3. The van der Waals surface area contributed by atoms with Crippen molar-refractivity contribution in [1.29, 1.82) is 0 Å². The molecule has 0 bridgehead atoms. The second kappa shape index (κ2) is 10.6. The van der Waals surface area contributed by atoms with Gasteiger partial charge in [0.25, 0.3) is 0 Å². The van der Waals surface area contributed by atoms with Crippen LogP contribution in [0.2, 0.25) is 0 Å². The van der Waals surface area contributed by atoms with Gasteiger partial charge in [-0.15, -0.1) is 0 Å². The molecule has 2 saturated heterocycles. The van der Waals surface area contributed by atoms with Gasteiger partial charge in [0.2, 0.25) is 5.91 Å². The molecule has 2 heterocycles. The van der Waals surface area contributed by atoms with Gasteiger partial charge in [0.05, 0.1) is 17.7 Å². The Hall–Kier alpha value is -1.51. The highest BCUT2D eigenvalue weighted by Crippen LogP contribution is 2.33. The van der Waals surface area contributed by atoms with Gasteiger partial charge in [0.1, 0.15) is 17.8 Å². The Morgan fingerprint density at radius 1 is 1.06 bits per heavy atom. The van der Waals surface area contributed by atoms with E-state index in [-0.39, 0.29) is 30.3 Å². The third-order valence-electron chi connectivity index (χ3n) is 7.56. The molecule has 0 aromatic rings. The second-order valence-electron chi connectivity index (χ2n) is 10.6. The fraction of sp³-hybridized carbons (Fsp3) is 0.875. The van der Waals surface area contributed by atoms with Crippen LogP contribution in [0.4, 0.5) is 0 Å². The normalized spacial score (nSPS) is 28.1. The molecule has 0 aromatic carbocycles. The molecule has 8 nitrogen and oxygen atoms in total. The largest absolute Gasteiger partial charge is 0.463 e. The van der Waals surface area contributed by atoms with Gasteiger partial charge in [-0.3, -0.25) is 19.3 Å². The summed E-state index contributed by atoms with van der Waals surface area (Å²) in [5, 5.41) is 0. The molecule has 2 aliphatic rings. The van der Waals surface area contributed by atoms with Crippen molar-refractivity contribution in [3.63, 3.8) is 0 Å². The van der Waals surface area contributed by atoms with Crippen LogP contribution in [0, 0.1) is 5.41 Å². The maximum atomic E-state index is 12.9. The molecule has 0 radical (unpaired) electrons. The number of amides is 1. The average Bonchev–Trinajstić information content (AvgIpc) is 2.75. The summed E-state index contributed by atoms with van der Waals surface area (Å²) in [5.74, 6) is -0.465. The third-order valence-corrected chi connectivity index (χ3v) is 7.56. The number of likely N-dealkylation sites (tertiary alicyclic amines) is 1. The number of piperidine rings is 1. The Morgan fingerprint density at radius 2 is 1.69 bits per heavy atom. The van der Waals surface area contributed by atoms with Gasteiger partial charge < -0.3 is 19.3 Å². The van der Waals surface area contributed by atoms with Crippen molar-refractivity contribution in [3.05, 3.63) is 0 Å². The molecule has 0 aliphatic carbocycles. The molecule has 1 spiro atoms. The van der Waals surface area contributed by atoms with Crippen molar-refractivity contribution >= 4 is 17.7 Å². The smallest absolute Gasteiger partial charge is 0.319 e. The molecule has 0 N–H and O–H groups in total. The number of rotatable bonds is 3.